The Morgan fingerprint density at radius 3 is 2.96 bits per heavy atom. The van der Waals surface area contributed by atoms with Gasteiger partial charge in [-0.3, -0.25) is 4.90 Å². The predicted molar refractivity (Wildman–Crippen MR) is 99.5 cm³/mol. The summed E-state index contributed by atoms with van der Waals surface area (Å²) in [5.74, 6) is 0.595. The number of hydrogen-bond acceptors (Lipinski definition) is 4. The first kappa shape index (κ1) is 18.5. The summed E-state index contributed by atoms with van der Waals surface area (Å²) in [4.78, 5) is 25.2. The van der Waals surface area contributed by atoms with Crippen molar-refractivity contribution in [2.24, 2.45) is 5.92 Å². The number of rotatable bonds is 6. The van der Waals surface area contributed by atoms with E-state index in [1.54, 1.807) is 23.1 Å². The van der Waals surface area contributed by atoms with E-state index in [9.17, 15) is 9.59 Å². The lowest BCUT2D eigenvalue weighted by molar-refractivity contribution is -0.00232. The van der Waals surface area contributed by atoms with Crippen LogP contribution in [0.4, 0.5) is 21.0 Å². The molecule has 2 atom stereocenters. The Balaban J connectivity index is 1.41. The highest BCUT2D eigenvalue weighted by atomic mass is 16.6. The van der Waals surface area contributed by atoms with Crippen molar-refractivity contribution in [3.8, 4) is 0 Å². The number of hydrogen-bond donors (Lipinski definition) is 2. The largest absolute Gasteiger partial charge is 0.447 e. The van der Waals surface area contributed by atoms with Crippen molar-refractivity contribution in [1.82, 2.24) is 5.32 Å². The first-order valence-corrected chi connectivity index (χ1v) is 9.34. The number of benzene rings is 1. The van der Waals surface area contributed by atoms with Crippen LogP contribution in [0, 0.1) is 5.92 Å². The molecular formula is C19H27N3O4. The van der Waals surface area contributed by atoms with Crippen LogP contribution in [-0.4, -0.2) is 44.5 Å². The number of nitrogens with one attached hydrogen (secondary N) is 2. The second kappa shape index (κ2) is 8.89. The summed E-state index contributed by atoms with van der Waals surface area (Å²) in [5.41, 5.74) is 1.33. The number of nitrogens with zero attached hydrogens (tertiary/aromatic N) is 1. The summed E-state index contributed by atoms with van der Waals surface area (Å²) in [5, 5.41) is 5.59. The molecular weight excluding hydrogens is 334 g/mol. The highest BCUT2D eigenvalue weighted by Gasteiger charge is 2.24. The van der Waals surface area contributed by atoms with Gasteiger partial charge in [-0.15, -0.1) is 0 Å². The van der Waals surface area contributed by atoms with Gasteiger partial charge in [-0.25, -0.2) is 9.59 Å². The molecule has 1 saturated heterocycles. The monoisotopic (exact) mass is 361 g/mol. The molecule has 2 aliphatic rings. The van der Waals surface area contributed by atoms with E-state index in [1.165, 1.54) is 19.3 Å². The second-order valence-corrected chi connectivity index (χ2v) is 6.87. The zero-order chi connectivity index (χ0) is 18.4. The molecule has 1 heterocycles. The normalized spacial score (nSPS) is 22.8. The first-order valence-electron chi connectivity index (χ1n) is 9.34. The fourth-order valence-electron chi connectivity index (χ4n) is 3.46. The van der Waals surface area contributed by atoms with Gasteiger partial charge in [-0.2, -0.15) is 0 Å². The maximum absolute atomic E-state index is 12.0. The van der Waals surface area contributed by atoms with E-state index >= 15 is 0 Å². The SMILES string of the molecule is CC1CCCCC1OCCNC(=O)Nc1cccc(N2CCOC2=O)c1. The van der Waals surface area contributed by atoms with E-state index in [-0.39, 0.29) is 12.1 Å². The molecule has 0 radical (unpaired) electrons. The summed E-state index contributed by atoms with van der Waals surface area (Å²) in [6.45, 7) is 4.12. The average Bonchev–Trinajstić information content (AvgIpc) is 3.06. The van der Waals surface area contributed by atoms with Gasteiger partial charge in [0, 0.05) is 17.9 Å². The van der Waals surface area contributed by atoms with Crippen molar-refractivity contribution in [3.05, 3.63) is 24.3 Å². The Morgan fingerprint density at radius 1 is 1.35 bits per heavy atom. The molecule has 3 amide bonds. The van der Waals surface area contributed by atoms with E-state index in [4.69, 9.17) is 9.47 Å². The molecule has 3 rings (SSSR count). The summed E-state index contributed by atoms with van der Waals surface area (Å²) >= 11 is 0. The number of urea groups is 1. The van der Waals surface area contributed by atoms with Gasteiger partial charge in [-0.1, -0.05) is 25.8 Å². The van der Waals surface area contributed by atoms with E-state index in [0.29, 0.717) is 49.7 Å². The Labute approximate surface area is 154 Å². The maximum Gasteiger partial charge on any atom is 0.414 e. The third-order valence-corrected chi connectivity index (χ3v) is 4.93. The molecule has 2 N–H and O–H groups in total. The van der Waals surface area contributed by atoms with Gasteiger partial charge < -0.3 is 20.1 Å². The van der Waals surface area contributed by atoms with Crippen molar-refractivity contribution in [3.63, 3.8) is 0 Å². The summed E-state index contributed by atoms with van der Waals surface area (Å²) in [7, 11) is 0. The van der Waals surface area contributed by atoms with Crippen LogP contribution in [0.15, 0.2) is 24.3 Å². The first-order chi connectivity index (χ1) is 12.6. The molecule has 7 heteroatoms. The molecule has 1 aromatic rings. The molecule has 1 saturated carbocycles. The molecule has 1 aliphatic heterocycles. The summed E-state index contributed by atoms with van der Waals surface area (Å²) in [6, 6.07) is 6.86. The van der Waals surface area contributed by atoms with Crippen molar-refractivity contribution >= 4 is 23.5 Å². The molecule has 1 aliphatic carbocycles. The van der Waals surface area contributed by atoms with Gasteiger partial charge in [-0.05, 0) is 37.0 Å². The standard InChI is InChI=1S/C19H27N3O4/c1-14-5-2-3-8-17(14)25-11-9-20-18(23)21-15-6-4-7-16(13-15)22-10-12-26-19(22)24/h4,6-7,13-14,17H,2-3,5,8-12H2,1H3,(H2,20,21,23). The number of carbonyl (C=O) groups is 2. The van der Waals surface area contributed by atoms with E-state index < -0.39 is 0 Å². The molecule has 0 bridgehead atoms. The van der Waals surface area contributed by atoms with Crippen molar-refractivity contribution < 1.29 is 19.1 Å². The highest BCUT2D eigenvalue weighted by molar-refractivity contribution is 5.93. The van der Waals surface area contributed by atoms with Crippen LogP contribution in [0.2, 0.25) is 0 Å². The molecule has 142 valence electrons. The minimum Gasteiger partial charge on any atom is -0.447 e. The van der Waals surface area contributed by atoms with Gasteiger partial charge in [0.05, 0.1) is 19.3 Å². The fraction of sp³-hybridized carbons (Fsp3) is 0.579. The number of ether oxygens (including phenoxy) is 2. The van der Waals surface area contributed by atoms with Crippen molar-refractivity contribution in [1.29, 1.82) is 0 Å². The molecule has 0 aromatic heterocycles. The number of amides is 3. The zero-order valence-corrected chi connectivity index (χ0v) is 15.2. The van der Waals surface area contributed by atoms with Crippen molar-refractivity contribution in [2.75, 3.05) is 36.5 Å². The minimum atomic E-state index is -0.360. The van der Waals surface area contributed by atoms with Gasteiger partial charge in [0.25, 0.3) is 0 Å². The third kappa shape index (κ3) is 4.88. The van der Waals surface area contributed by atoms with Crippen LogP contribution in [-0.2, 0) is 9.47 Å². The maximum atomic E-state index is 12.0. The van der Waals surface area contributed by atoms with Gasteiger partial charge in [0.2, 0.25) is 0 Å². The van der Waals surface area contributed by atoms with Crippen LogP contribution in [0.25, 0.3) is 0 Å². The molecule has 2 fully saturated rings. The van der Waals surface area contributed by atoms with Gasteiger partial charge in [0.1, 0.15) is 6.61 Å². The Kier molecular flexibility index (Phi) is 6.33. The Hall–Kier alpha value is -2.28. The molecule has 0 spiro atoms. The van der Waals surface area contributed by atoms with Crippen LogP contribution in [0.5, 0.6) is 0 Å². The number of carbonyl (C=O) groups excluding carboxylic acids is 2. The quantitative estimate of drug-likeness (QED) is 0.762. The Morgan fingerprint density at radius 2 is 2.19 bits per heavy atom. The molecule has 26 heavy (non-hydrogen) atoms. The lowest BCUT2D eigenvalue weighted by Crippen LogP contribution is -2.34. The fourth-order valence-corrected chi connectivity index (χ4v) is 3.46. The number of cyclic esters (lactones) is 1. The predicted octanol–water partition coefficient (Wildman–Crippen LogP) is 3.36. The lowest BCUT2D eigenvalue weighted by atomic mass is 9.88. The van der Waals surface area contributed by atoms with Crippen LogP contribution < -0.4 is 15.5 Å². The topological polar surface area (TPSA) is 79.9 Å². The van der Waals surface area contributed by atoms with Crippen molar-refractivity contribution in [2.45, 2.75) is 38.7 Å². The Bertz CT molecular complexity index is 637. The molecule has 1 aromatic carbocycles. The number of anilines is 2. The van der Waals surface area contributed by atoms with Crippen LogP contribution >= 0.6 is 0 Å². The minimum absolute atomic E-state index is 0.286. The molecule has 7 nitrogen and oxygen atoms in total. The zero-order valence-electron chi connectivity index (χ0n) is 15.2. The van der Waals surface area contributed by atoms with E-state index in [2.05, 4.69) is 17.6 Å². The van der Waals surface area contributed by atoms with Gasteiger partial charge in [0.15, 0.2) is 0 Å². The highest BCUT2D eigenvalue weighted by Crippen LogP contribution is 2.26. The summed E-state index contributed by atoms with van der Waals surface area (Å²) in [6.07, 6.45) is 4.80. The lowest BCUT2D eigenvalue weighted by Gasteiger charge is -2.28. The van der Waals surface area contributed by atoms with E-state index in [0.717, 1.165) is 6.42 Å². The summed E-state index contributed by atoms with van der Waals surface area (Å²) < 4.78 is 10.8. The second-order valence-electron chi connectivity index (χ2n) is 6.87. The van der Waals surface area contributed by atoms with Crippen LogP contribution in [0.3, 0.4) is 0 Å². The average molecular weight is 361 g/mol. The van der Waals surface area contributed by atoms with E-state index in [1.807, 2.05) is 6.07 Å². The molecule has 2 unspecified atom stereocenters. The third-order valence-electron chi connectivity index (χ3n) is 4.93. The van der Waals surface area contributed by atoms with Gasteiger partial charge >= 0.3 is 12.1 Å². The van der Waals surface area contributed by atoms with Crippen LogP contribution in [0.1, 0.15) is 32.6 Å². The smallest absolute Gasteiger partial charge is 0.414 e.